The van der Waals surface area contributed by atoms with E-state index in [1.165, 1.54) is 29.3 Å². The van der Waals surface area contributed by atoms with Gasteiger partial charge in [0.1, 0.15) is 11.8 Å². The normalized spacial score (nSPS) is 23.0. The zero-order valence-corrected chi connectivity index (χ0v) is 25.6. The lowest BCUT2D eigenvalue weighted by atomic mass is 9.89. The van der Waals surface area contributed by atoms with Crippen LogP contribution in [0, 0.1) is 12.8 Å². The zero-order chi connectivity index (χ0) is 29.9. The molecule has 6 heterocycles. The van der Waals surface area contributed by atoms with Crippen LogP contribution in [-0.2, 0) is 16.1 Å². The summed E-state index contributed by atoms with van der Waals surface area (Å²) in [6.45, 7) is 6.63. The monoisotopic (exact) mass is 594 g/mol. The Morgan fingerprint density at radius 3 is 2.64 bits per heavy atom. The average Bonchev–Trinajstić information content (AvgIpc) is 3.69. The van der Waals surface area contributed by atoms with Crippen LogP contribution in [0.2, 0.25) is 0 Å². The summed E-state index contributed by atoms with van der Waals surface area (Å²) in [7, 11) is 0. The Kier molecular flexibility index (Phi) is 6.98. The molecule has 0 spiro atoms. The predicted octanol–water partition coefficient (Wildman–Crippen LogP) is 4.73. The highest BCUT2D eigenvalue weighted by Crippen LogP contribution is 2.41. The molecule has 1 aliphatic carbocycles. The number of para-hydroxylation sites is 1. The largest absolute Gasteiger partial charge is 0.368 e. The minimum absolute atomic E-state index is 0.0207. The first-order valence-corrected chi connectivity index (χ1v) is 16.5. The van der Waals surface area contributed by atoms with E-state index in [4.69, 9.17) is 15.6 Å². The number of aromatic nitrogens is 3. The van der Waals surface area contributed by atoms with Gasteiger partial charge in [0.15, 0.2) is 0 Å². The van der Waals surface area contributed by atoms with Crippen LogP contribution >= 0.6 is 0 Å². The van der Waals surface area contributed by atoms with Crippen LogP contribution in [-0.4, -0.2) is 80.7 Å². The van der Waals surface area contributed by atoms with Gasteiger partial charge in [0.05, 0.1) is 22.3 Å². The zero-order valence-electron chi connectivity index (χ0n) is 25.6. The van der Waals surface area contributed by atoms with E-state index in [-0.39, 0.29) is 24.0 Å². The van der Waals surface area contributed by atoms with Gasteiger partial charge in [0.2, 0.25) is 0 Å². The molecule has 1 saturated carbocycles. The van der Waals surface area contributed by atoms with Crippen molar-refractivity contribution in [3.63, 3.8) is 0 Å². The molecule has 3 aromatic heterocycles. The van der Waals surface area contributed by atoms with E-state index in [9.17, 15) is 9.59 Å². The SMILES string of the molecule is Cc1c(-c2cc3cccc(C4CN(C(=O)C5CCCCO5)C4)c3n2CC2CC2)nn2cc(C(=O)N3CCC[C@@H](N)C3)ccc12. The van der Waals surface area contributed by atoms with E-state index in [0.717, 1.165) is 80.8 Å². The summed E-state index contributed by atoms with van der Waals surface area (Å²) in [4.78, 5) is 30.3. The number of carbonyl (C=O) groups excluding carboxylic acids is 2. The summed E-state index contributed by atoms with van der Waals surface area (Å²) < 4.78 is 10.2. The molecular formula is C35H42N6O3. The van der Waals surface area contributed by atoms with E-state index < -0.39 is 0 Å². The van der Waals surface area contributed by atoms with E-state index in [2.05, 4.69) is 35.8 Å². The summed E-state index contributed by atoms with van der Waals surface area (Å²) in [5, 5.41) is 6.31. The second-order valence-corrected chi connectivity index (χ2v) is 13.5. The van der Waals surface area contributed by atoms with Gasteiger partial charge in [-0.2, -0.15) is 5.10 Å². The number of likely N-dealkylation sites (tertiary alicyclic amines) is 2. The number of hydrogen-bond donors (Lipinski definition) is 1. The average molecular weight is 595 g/mol. The Bertz CT molecular complexity index is 1740. The van der Waals surface area contributed by atoms with Crippen LogP contribution in [0.25, 0.3) is 27.8 Å². The fraction of sp³-hybridized carbons (Fsp3) is 0.514. The number of benzene rings is 1. The molecule has 230 valence electrons. The number of nitrogens with two attached hydrogens (primary N) is 1. The maximum atomic E-state index is 13.3. The first-order chi connectivity index (χ1) is 21.4. The van der Waals surface area contributed by atoms with Crippen molar-refractivity contribution in [2.45, 2.75) is 76.5 Å². The van der Waals surface area contributed by atoms with Crippen molar-refractivity contribution >= 4 is 28.2 Å². The Labute approximate surface area is 257 Å². The maximum absolute atomic E-state index is 13.3. The molecule has 9 heteroatoms. The summed E-state index contributed by atoms with van der Waals surface area (Å²) in [6, 6.07) is 12.9. The molecule has 4 aromatic rings. The summed E-state index contributed by atoms with van der Waals surface area (Å²) in [6.07, 6.45) is 8.98. The molecule has 2 atom stereocenters. The van der Waals surface area contributed by atoms with Gasteiger partial charge in [0.25, 0.3) is 11.8 Å². The van der Waals surface area contributed by atoms with Gasteiger partial charge >= 0.3 is 0 Å². The van der Waals surface area contributed by atoms with Gasteiger partial charge in [-0.05, 0) is 81.5 Å². The van der Waals surface area contributed by atoms with Crippen molar-refractivity contribution in [2.24, 2.45) is 11.7 Å². The Morgan fingerprint density at radius 2 is 1.86 bits per heavy atom. The van der Waals surface area contributed by atoms with Gasteiger partial charge in [0, 0.05) is 68.4 Å². The second-order valence-electron chi connectivity index (χ2n) is 13.5. The van der Waals surface area contributed by atoms with E-state index in [1.54, 1.807) is 0 Å². The van der Waals surface area contributed by atoms with Crippen LogP contribution in [0.3, 0.4) is 0 Å². The molecule has 0 radical (unpaired) electrons. The van der Waals surface area contributed by atoms with Gasteiger partial charge in [-0.15, -0.1) is 0 Å². The third-order valence-electron chi connectivity index (χ3n) is 10.3. The lowest BCUT2D eigenvalue weighted by molar-refractivity contribution is -0.151. The van der Waals surface area contributed by atoms with Crippen LogP contribution in [0.4, 0.5) is 0 Å². The first-order valence-electron chi connectivity index (χ1n) is 16.5. The highest BCUT2D eigenvalue weighted by molar-refractivity contribution is 5.95. The molecule has 4 fully saturated rings. The fourth-order valence-electron chi connectivity index (χ4n) is 7.54. The molecule has 3 aliphatic heterocycles. The number of piperidine rings is 1. The second kappa shape index (κ2) is 11.0. The molecule has 44 heavy (non-hydrogen) atoms. The van der Waals surface area contributed by atoms with Crippen molar-refractivity contribution in [3.05, 3.63) is 59.3 Å². The molecule has 1 aromatic carbocycles. The number of fused-ring (bicyclic) bond motifs is 2. The summed E-state index contributed by atoms with van der Waals surface area (Å²) in [5.41, 5.74) is 13.6. The minimum atomic E-state index is -0.267. The topological polar surface area (TPSA) is 98.1 Å². The number of nitrogens with zero attached hydrogens (tertiary/aromatic N) is 5. The van der Waals surface area contributed by atoms with E-state index >= 15 is 0 Å². The summed E-state index contributed by atoms with van der Waals surface area (Å²) in [5.74, 6) is 1.17. The van der Waals surface area contributed by atoms with Crippen molar-refractivity contribution in [2.75, 3.05) is 32.8 Å². The molecule has 2 N–H and O–H groups in total. The summed E-state index contributed by atoms with van der Waals surface area (Å²) >= 11 is 0. The van der Waals surface area contributed by atoms with E-state index in [1.807, 2.05) is 32.6 Å². The maximum Gasteiger partial charge on any atom is 0.255 e. The van der Waals surface area contributed by atoms with Crippen LogP contribution < -0.4 is 5.73 Å². The van der Waals surface area contributed by atoms with Crippen LogP contribution in [0.5, 0.6) is 0 Å². The van der Waals surface area contributed by atoms with Crippen molar-refractivity contribution in [3.8, 4) is 11.4 Å². The smallest absolute Gasteiger partial charge is 0.255 e. The lowest BCUT2D eigenvalue weighted by Crippen LogP contribution is -2.53. The minimum Gasteiger partial charge on any atom is -0.368 e. The number of carbonyl (C=O) groups is 2. The van der Waals surface area contributed by atoms with Gasteiger partial charge in [-0.3, -0.25) is 9.59 Å². The Morgan fingerprint density at radius 1 is 1.00 bits per heavy atom. The number of rotatable bonds is 6. The fourth-order valence-corrected chi connectivity index (χ4v) is 7.54. The number of ether oxygens (including phenoxy) is 1. The quantitative estimate of drug-likeness (QED) is 0.348. The van der Waals surface area contributed by atoms with Crippen molar-refractivity contribution in [1.82, 2.24) is 24.0 Å². The predicted molar refractivity (Wildman–Crippen MR) is 170 cm³/mol. The third kappa shape index (κ3) is 4.90. The highest BCUT2D eigenvalue weighted by Gasteiger charge is 2.38. The molecule has 1 unspecified atom stereocenters. The Hall–Kier alpha value is -3.69. The molecular weight excluding hydrogens is 552 g/mol. The number of amides is 2. The number of aryl methyl sites for hydroxylation is 1. The van der Waals surface area contributed by atoms with Gasteiger partial charge in [-0.1, -0.05) is 18.2 Å². The number of hydrogen-bond acceptors (Lipinski definition) is 5. The lowest BCUT2D eigenvalue weighted by Gasteiger charge is -2.42. The molecule has 3 saturated heterocycles. The van der Waals surface area contributed by atoms with Crippen molar-refractivity contribution < 1.29 is 14.3 Å². The third-order valence-corrected chi connectivity index (χ3v) is 10.3. The van der Waals surface area contributed by atoms with Crippen LogP contribution in [0.15, 0.2) is 42.6 Å². The Balaban J connectivity index is 1.12. The van der Waals surface area contributed by atoms with Crippen LogP contribution in [0.1, 0.15) is 72.3 Å². The molecule has 8 rings (SSSR count). The van der Waals surface area contributed by atoms with Gasteiger partial charge < -0.3 is 24.8 Å². The highest BCUT2D eigenvalue weighted by atomic mass is 16.5. The first kappa shape index (κ1) is 27.8. The molecule has 4 aliphatic rings. The standard InChI is InChI=1S/C35H42N6O3/c1-22-29-13-12-25(34(42)38-14-5-7-27(36)21-38)20-41(29)37-32(22)30-16-24-6-4-8-28(33(24)40(30)17-23-10-11-23)26-18-39(19-26)35(43)31-9-2-3-15-44-31/h4,6,8,12-13,16,20,23,26-27,31H,2-3,5,7,9-11,14-15,17-19,21,36H2,1H3/t27-,31?/m1/s1. The molecule has 9 nitrogen and oxygen atoms in total. The van der Waals surface area contributed by atoms with Gasteiger partial charge in [-0.25, -0.2) is 4.52 Å². The van der Waals surface area contributed by atoms with Crippen molar-refractivity contribution in [1.29, 1.82) is 0 Å². The number of pyridine rings is 1. The molecule has 0 bridgehead atoms. The van der Waals surface area contributed by atoms with E-state index in [0.29, 0.717) is 30.6 Å². The molecule has 2 amide bonds.